The molecule has 0 radical (unpaired) electrons. The van der Waals surface area contributed by atoms with Crippen LogP contribution in [0.5, 0.6) is 5.75 Å². The molecule has 1 fully saturated rings. The number of aliphatic hydroxyl groups excluding tert-OH is 1. The van der Waals surface area contributed by atoms with Crippen molar-refractivity contribution < 1.29 is 14.6 Å². The summed E-state index contributed by atoms with van der Waals surface area (Å²) in [7, 11) is 1.55. The van der Waals surface area contributed by atoms with E-state index in [-0.39, 0.29) is 11.9 Å². The third-order valence-corrected chi connectivity index (χ3v) is 3.65. The van der Waals surface area contributed by atoms with Crippen LogP contribution in [0.3, 0.4) is 0 Å². The quantitative estimate of drug-likeness (QED) is 0.877. The molecule has 0 heterocycles. The smallest absolute Gasteiger partial charge is 0.255 e. The average Bonchev–Trinajstić information content (AvgIpc) is 2.41. The van der Waals surface area contributed by atoms with E-state index in [2.05, 4.69) is 5.32 Å². The Hall–Kier alpha value is -1.55. The molecule has 0 saturated heterocycles. The Morgan fingerprint density at radius 2 is 2.11 bits per heavy atom. The molecule has 1 saturated carbocycles. The van der Waals surface area contributed by atoms with Gasteiger partial charge in [-0.15, -0.1) is 0 Å². The monoisotopic (exact) mass is 263 g/mol. The van der Waals surface area contributed by atoms with Crippen molar-refractivity contribution in [1.29, 1.82) is 0 Å². The van der Waals surface area contributed by atoms with Crippen LogP contribution in [0, 0.1) is 6.92 Å². The summed E-state index contributed by atoms with van der Waals surface area (Å²) in [5, 5.41) is 12.8. The molecule has 2 N–H and O–H groups in total. The van der Waals surface area contributed by atoms with Gasteiger partial charge in [0.1, 0.15) is 5.75 Å². The van der Waals surface area contributed by atoms with Gasteiger partial charge in [-0.25, -0.2) is 0 Å². The molecule has 4 nitrogen and oxygen atoms in total. The van der Waals surface area contributed by atoms with Gasteiger partial charge >= 0.3 is 0 Å². The van der Waals surface area contributed by atoms with Crippen molar-refractivity contribution in [3.05, 3.63) is 29.3 Å². The second-order valence-electron chi connectivity index (χ2n) is 5.14. The van der Waals surface area contributed by atoms with Crippen molar-refractivity contribution >= 4 is 5.91 Å². The third-order valence-electron chi connectivity index (χ3n) is 3.65. The minimum Gasteiger partial charge on any atom is -0.496 e. The Labute approximate surface area is 113 Å². The second kappa shape index (κ2) is 6.06. The van der Waals surface area contributed by atoms with Crippen LogP contribution >= 0.6 is 0 Å². The van der Waals surface area contributed by atoms with Gasteiger partial charge in [-0.05, 0) is 31.9 Å². The number of amides is 1. The third kappa shape index (κ3) is 3.26. The molecule has 0 unspecified atom stereocenters. The molecular formula is C15H21NO3. The lowest BCUT2D eigenvalue weighted by Gasteiger charge is -2.28. The molecular weight excluding hydrogens is 242 g/mol. The summed E-state index contributed by atoms with van der Waals surface area (Å²) in [6.07, 6.45) is 3.24. The fourth-order valence-corrected chi connectivity index (χ4v) is 2.53. The summed E-state index contributed by atoms with van der Waals surface area (Å²) in [6.45, 7) is 1.94. The number of nitrogens with one attached hydrogen (secondary N) is 1. The Kier molecular flexibility index (Phi) is 4.43. The van der Waals surface area contributed by atoms with Crippen LogP contribution in [0.1, 0.15) is 41.6 Å². The van der Waals surface area contributed by atoms with Gasteiger partial charge in [0, 0.05) is 0 Å². The maximum Gasteiger partial charge on any atom is 0.255 e. The highest BCUT2D eigenvalue weighted by molar-refractivity contribution is 5.97. The molecule has 104 valence electrons. The number of ether oxygens (including phenoxy) is 1. The first-order valence-electron chi connectivity index (χ1n) is 6.75. The van der Waals surface area contributed by atoms with Gasteiger partial charge in [0.15, 0.2) is 0 Å². The van der Waals surface area contributed by atoms with Crippen LogP contribution in [0.15, 0.2) is 18.2 Å². The Balaban J connectivity index is 2.13. The Bertz CT molecular complexity index is 459. The summed E-state index contributed by atoms with van der Waals surface area (Å²) in [4.78, 5) is 12.3. The van der Waals surface area contributed by atoms with Gasteiger partial charge in [0.25, 0.3) is 5.91 Å². The zero-order chi connectivity index (χ0) is 13.8. The molecule has 1 aliphatic rings. The number of methoxy groups -OCH3 is 1. The second-order valence-corrected chi connectivity index (χ2v) is 5.14. The maximum absolute atomic E-state index is 12.3. The fourth-order valence-electron chi connectivity index (χ4n) is 2.53. The summed E-state index contributed by atoms with van der Waals surface area (Å²) >= 11 is 0. The van der Waals surface area contributed by atoms with Crippen molar-refractivity contribution in [3.8, 4) is 5.75 Å². The lowest BCUT2D eigenvalue weighted by atomic mass is 9.92. The van der Waals surface area contributed by atoms with Crippen LogP contribution in [0.4, 0.5) is 0 Å². The van der Waals surface area contributed by atoms with Crippen molar-refractivity contribution in [3.63, 3.8) is 0 Å². The van der Waals surface area contributed by atoms with Crippen molar-refractivity contribution in [2.45, 2.75) is 44.8 Å². The maximum atomic E-state index is 12.3. The molecule has 0 aromatic heterocycles. The number of carbonyl (C=O) groups excluding carboxylic acids is 1. The summed E-state index contributed by atoms with van der Waals surface area (Å²) < 4.78 is 5.21. The molecule has 0 bridgehead atoms. The number of hydrogen-bond donors (Lipinski definition) is 2. The van der Waals surface area contributed by atoms with Crippen molar-refractivity contribution in [2.24, 2.45) is 0 Å². The van der Waals surface area contributed by atoms with E-state index in [0.29, 0.717) is 11.3 Å². The van der Waals surface area contributed by atoms with E-state index in [1.165, 1.54) is 0 Å². The lowest BCUT2D eigenvalue weighted by Crippen LogP contribution is -2.45. The van der Waals surface area contributed by atoms with Gasteiger partial charge in [-0.2, -0.15) is 0 Å². The van der Waals surface area contributed by atoms with E-state index in [0.717, 1.165) is 31.2 Å². The molecule has 0 spiro atoms. The molecule has 0 aliphatic heterocycles. The van der Waals surface area contributed by atoms with E-state index in [1.807, 2.05) is 19.1 Å². The first kappa shape index (κ1) is 13.9. The molecule has 4 heteroatoms. The van der Waals surface area contributed by atoms with Crippen LogP contribution in [0.2, 0.25) is 0 Å². The van der Waals surface area contributed by atoms with Crippen LogP contribution < -0.4 is 10.1 Å². The number of aryl methyl sites for hydroxylation is 1. The van der Waals surface area contributed by atoms with Gasteiger partial charge in [0.2, 0.25) is 0 Å². The molecule has 19 heavy (non-hydrogen) atoms. The summed E-state index contributed by atoms with van der Waals surface area (Å²) in [5.74, 6) is 0.389. The van der Waals surface area contributed by atoms with Gasteiger partial charge in [-0.1, -0.05) is 24.5 Å². The standard InChI is InChI=1S/C15H21NO3/c1-10-7-8-14(19-2)11(9-10)15(18)16-12-5-3-4-6-13(12)17/h7-9,12-13,17H,3-6H2,1-2H3,(H,16,18)/t12-,13-/m1/s1. The first-order chi connectivity index (χ1) is 9.11. The van der Waals surface area contributed by atoms with E-state index in [4.69, 9.17) is 4.74 Å². The number of carbonyl (C=O) groups is 1. The number of rotatable bonds is 3. The van der Waals surface area contributed by atoms with Crippen molar-refractivity contribution in [1.82, 2.24) is 5.32 Å². The van der Waals surface area contributed by atoms with Crippen LogP contribution in [0.25, 0.3) is 0 Å². The summed E-state index contributed by atoms with van der Waals surface area (Å²) in [5.41, 5.74) is 1.54. The normalized spacial score (nSPS) is 22.9. The Morgan fingerprint density at radius 1 is 1.37 bits per heavy atom. The predicted molar refractivity (Wildman–Crippen MR) is 73.5 cm³/mol. The SMILES string of the molecule is COc1ccc(C)cc1C(=O)N[C@@H]1CCCC[C@H]1O. The van der Waals surface area contributed by atoms with Crippen LogP contribution in [-0.2, 0) is 0 Å². The molecule has 1 aromatic carbocycles. The number of aliphatic hydroxyl groups is 1. The van der Waals surface area contributed by atoms with E-state index in [9.17, 15) is 9.90 Å². The largest absolute Gasteiger partial charge is 0.496 e. The first-order valence-corrected chi connectivity index (χ1v) is 6.75. The summed E-state index contributed by atoms with van der Waals surface area (Å²) in [6, 6.07) is 5.36. The highest BCUT2D eigenvalue weighted by atomic mass is 16.5. The zero-order valence-electron chi connectivity index (χ0n) is 11.5. The lowest BCUT2D eigenvalue weighted by molar-refractivity contribution is 0.0715. The predicted octanol–water partition coefficient (Wildman–Crippen LogP) is 2.04. The molecule has 2 rings (SSSR count). The van der Waals surface area contributed by atoms with Gasteiger partial charge in [-0.3, -0.25) is 4.79 Å². The molecule has 2 atom stereocenters. The van der Waals surface area contributed by atoms with E-state index in [1.54, 1.807) is 13.2 Å². The molecule has 1 amide bonds. The highest BCUT2D eigenvalue weighted by Crippen LogP contribution is 2.22. The zero-order valence-corrected chi connectivity index (χ0v) is 11.5. The molecule has 1 aromatic rings. The van der Waals surface area contributed by atoms with E-state index >= 15 is 0 Å². The minimum atomic E-state index is -0.437. The number of benzene rings is 1. The minimum absolute atomic E-state index is 0.147. The van der Waals surface area contributed by atoms with E-state index < -0.39 is 6.10 Å². The van der Waals surface area contributed by atoms with Crippen LogP contribution in [-0.4, -0.2) is 30.3 Å². The number of hydrogen-bond acceptors (Lipinski definition) is 3. The topological polar surface area (TPSA) is 58.6 Å². The fraction of sp³-hybridized carbons (Fsp3) is 0.533. The molecule has 1 aliphatic carbocycles. The van der Waals surface area contributed by atoms with Crippen molar-refractivity contribution in [2.75, 3.05) is 7.11 Å². The highest BCUT2D eigenvalue weighted by Gasteiger charge is 2.25. The Morgan fingerprint density at radius 3 is 2.79 bits per heavy atom. The van der Waals surface area contributed by atoms with Gasteiger partial charge < -0.3 is 15.2 Å². The average molecular weight is 263 g/mol. The van der Waals surface area contributed by atoms with Gasteiger partial charge in [0.05, 0.1) is 24.8 Å².